The number of sulfonamides is 1. The Hall–Kier alpha value is -2.18. The third kappa shape index (κ3) is 4.51. The van der Waals surface area contributed by atoms with Gasteiger partial charge in [-0.1, -0.05) is 30.3 Å². The summed E-state index contributed by atoms with van der Waals surface area (Å²) >= 11 is 0. The molecule has 0 unspecified atom stereocenters. The van der Waals surface area contributed by atoms with Crippen LogP contribution in [-0.2, 0) is 16.4 Å². The summed E-state index contributed by atoms with van der Waals surface area (Å²) in [7, 11) is -3.43. The number of carbonyl (C=O) groups excluding carboxylic acids is 1. The van der Waals surface area contributed by atoms with E-state index in [2.05, 4.69) is 17.4 Å². The van der Waals surface area contributed by atoms with Gasteiger partial charge < -0.3 is 5.32 Å². The summed E-state index contributed by atoms with van der Waals surface area (Å²) in [4.78, 5) is 12.5. The monoisotopic (exact) mass is 372 g/mol. The summed E-state index contributed by atoms with van der Waals surface area (Å²) in [5, 5.41) is 2.88. The minimum atomic E-state index is -3.43. The van der Waals surface area contributed by atoms with Crippen LogP contribution in [0.5, 0.6) is 0 Å². The van der Waals surface area contributed by atoms with Gasteiger partial charge in [-0.25, -0.2) is 8.42 Å². The fourth-order valence-corrected chi connectivity index (χ4v) is 4.61. The molecule has 2 aromatic carbocycles. The van der Waals surface area contributed by atoms with Crippen LogP contribution >= 0.6 is 0 Å². The van der Waals surface area contributed by atoms with Crippen molar-refractivity contribution in [1.29, 1.82) is 0 Å². The van der Waals surface area contributed by atoms with Crippen molar-refractivity contribution in [2.75, 3.05) is 19.6 Å². The third-order valence-electron chi connectivity index (χ3n) is 4.59. The number of hydrogen-bond acceptors (Lipinski definition) is 3. The molecule has 0 saturated carbocycles. The Kier molecular flexibility index (Phi) is 6.06. The largest absolute Gasteiger partial charge is 0.352 e. The second kappa shape index (κ2) is 8.47. The van der Waals surface area contributed by atoms with Crippen LogP contribution in [0, 0.1) is 0 Å². The van der Waals surface area contributed by atoms with E-state index in [-0.39, 0.29) is 10.8 Å². The minimum absolute atomic E-state index is 0.178. The number of hydrogen-bond donors (Lipinski definition) is 1. The van der Waals surface area contributed by atoms with Crippen molar-refractivity contribution in [3.63, 3.8) is 0 Å². The molecule has 3 rings (SSSR count). The normalized spacial score (nSPS) is 15.1. The standard InChI is InChI=1S/C20H24N2O3S/c23-20(21-14-6-9-17-7-2-1-3-8-17)18-10-12-19(13-11-18)26(24,25)22-15-4-5-16-22/h1-3,7-8,10-13H,4-6,9,14-16H2,(H,21,23). The maximum atomic E-state index is 12.5. The second-order valence-corrected chi connectivity index (χ2v) is 8.42. The molecule has 1 aliphatic rings. The van der Waals surface area contributed by atoms with Gasteiger partial charge in [0.25, 0.3) is 5.91 Å². The number of benzene rings is 2. The smallest absolute Gasteiger partial charge is 0.251 e. The zero-order valence-corrected chi connectivity index (χ0v) is 15.5. The molecule has 1 N–H and O–H groups in total. The maximum absolute atomic E-state index is 12.5. The Labute approximate surface area is 155 Å². The SMILES string of the molecule is O=C(NCCCc1ccccc1)c1ccc(S(=O)(=O)N2CCCC2)cc1. The van der Waals surface area contributed by atoms with E-state index in [0.717, 1.165) is 25.7 Å². The highest BCUT2D eigenvalue weighted by molar-refractivity contribution is 7.89. The molecule has 0 radical (unpaired) electrons. The van der Waals surface area contributed by atoms with E-state index in [1.807, 2.05) is 18.2 Å². The molecule has 0 aromatic heterocycles. The topological polar surface area (TPSA) is 66.5 Å². The van der Waals surface area contributed by atoms with Crippen LogP contribution in [0.1, 0.15) is 35.2 Å². The molecule has 26 heavy (non-hydrogen) atoms. The van der Waals surface area contributed by atoms with E-state index in [1.54, 1.807) is 12.1 Å². The molecule has 0 bridgehead atoms. The van der Waals surface area contributed by atoms with Crippen molar-refractivity contribution < 1.29 is 13.2 Å². The molecular formula is C20H24N2O3S. The Morgan fingerprint density at radius 1 is 0.962 bits per heavy atom. The lowest BCUT2D eigenvalue weighted by molar-refractivity contribution is 0.0953. The van der Waals surface area contributed by atoms with Gasteiger partial charge in [0.05, 0.1) is 4.90 Å². The van der Waals surface area contributed by atoms with Crippen LogP contribution < -0.4 is 5.32 Å². The molecule has 1 heterocycles. The summed E-state index contributed by atoms with van der Waals surface area (Å²) in [5.74, 6) is -0.178. The highest BCUT2D eigenvalue weighted by atomic mass is 32.2. The van der Waals surface area contributed by atoms with Crippen molar-refractivity contribution in [3.05, 3.63) is 65.7 Å². The molecule has 6 heteroatoms. The van der Waals surface area contributed by atoms with E-state index in [9.17, 15) is 13.2 Å². The summed E-state index contributed by atoms with van der Waals surface area (Å²) in [6, 6.07) is 16.3. The highest BCUT2D eigenvalue weighted by Gasteiger charge is 2.27. The number of nitrogens with one attached hydrogen (secondary N) is 1. The van der Waals surface area contributed by atoms with E-state index < -0.39 is 10.0 Å². The van der Waals surface area contributed by atoms with Gasteiger partial charge in [0.2, 0.25) is 10.0 Å². The zero-order chi connectivity index (χ0) is 18.4. The molecule has 1 fully saturated rings. The van der Waals surface area contributed by atoms with Gasteiger partial charge in [0.1, 0.15) is 0 Å². The second-order valence-electron chi connectivity index (χ2n) is 6.48. The highest BCUT2D eigenvalue weighted by Crippen LogP contribution is 2.21. The first-order chi connectivity index (χ1) is 12.6. The Balaban J connectivity index is 1.52. The molecule has 1 saturated heterocycles. The van der Waals surface area contributed by atoms with Gasteiger partial charge in [-0.05, 0) is 55.5 Å². The van der Waals surface area contributed by atoms with E-state index in [1.165, 1.54) is 22.0 Å². The molecule has 0 atom stereocenters. The lowest BCUT2D eigenvalue weighted by Gasteiger charge is -2.15. The van der Waals surface area contributed by atoms with Crippen LogP contribution in [0.4, 0.5) is 0 Å². The van der Waals surface area contributed by atoms with Gasteiger partial charge in [-0.3, -0.25) is 4.79 Å². The lowest BCUT2D eigenvalue weighted by atomic mass is 10.1. The Morgan fingerprint density at radius 3 is 2.27 bits per heavy atom. The van der Waals surface area contributed by atoms with Crippen molar-refractivity contribution in [2.45, 2.75) is 30.6 Å². The van der Waals surface area contributed by atoms with Gasteiger partial charge in [-0.15, -0.1) is 0 Å². The summed E-state index contributed by atoms with van der Waals surface area (Å²) < 4.78 is 26.5. The molecule has 2 aromatic rings. The number of amides is 1. The first kappa shape index (κ1) is 18.6. The molecule has 5 nitrogen and oxygen atoms in total. The van der Waals surface area contributed by atoms with Gasteiger partial charge in [-0.2, -0.15) is 4.31 Å². The van der Waals surface area contributed by atoms with Gasteiger partial charge >= 0.3 is 0 Å². The van der Waals surface area contributed by atoms with Crippen LogP contribution in [0.3, 0.4) is 0 Å². The Bertz CT molecular complexity index is 827. The van der Waals surface area contributed by atoms with Crippen LogP contribution in [-0.4, -0.2) is 38.3 Å². The predicted molar refractivity (Wildman–Crippen MR) is 102 cm³/mol. The maximum Gasteiger partial charge on any atom is 0.251 e. The molecule has 1 amide bonds. The quantitative estimate of drug-likeness (QED) is 0.760. The lowest BCUT2D eigenvalue weighted by Crippen LogP contribution is -2.28. The van der Waals surface area contributed by atoms with Crippen LogP contribution in [0.2, 0.25) is 0 Å². The average Bonchev–Trinajstić information content (AvgIpc) is 3.22. The summed E-state index contributed by atoms with van der Waals surface area (Å²) in [6.45, 7) is 1.74. The molecule has 0 spiro atoms. The first-order valence-corrected chi connectivity index (χ1v) is 10.4. The van der Waals surface area contributed by atoms with Crippen molar-refractivity contribution in [3.8, 4) is 0 Å². The van der Waals surface area contributed by atoms with Crippen LogP contribution in [0.15, 0.2) is 59.5 Å². The number of rotatable bonds is 7. The predicted octanol–water partition coefficient (Wildman–Crippen LogP) is 2.83. The number of nitrogens with zero attached hydrogens (tertiary/aromatic N) is 1. The Morgan fingerprint density at radius 2 is 1.62 bits per heavy atom. The third-order valence-corrected chi connectivity index (χ3v) is 6.50. The van der Waals surface area contributed by atoms with Crippen molar-refractivity contribution in [2.24, 2.45) is 0 Å². The number of aryl methyl sites for hydroxylation is 1. The first-order valence-electron chi connectivity index (χ1n) is 9.00. The summed E-state index contributed by atoms with van der Waals surface area (Å²) in [6.07, 6.45) is 3.58. The zero-order valence-electron chi connectivity index (χ0n) is 14.7. The van der Waals surface area contributed by atoms with E-state index >= 15 is 0 Å². The van der Waals surface area contributed by atoms with Gasteiger partial charge in [0.15, 0.2) is 0 Å². The fraction of sp³-hybridized carbons (Fsp3) is 0.350. The van der Waals surface area contributed by atoms with Crippen molar-refractivity contribution in [1.82, 2.24) is 9.62 Å². The fourth-order valence-electron chi connectivity index (χ4n) is 3.10. The minimum Gasteiger partial charge on any atom is -0.352 e. The van der Waals surface area contributed by atoms with Crippen LogP contribution in [0.25, 0.3) is 0 Å². The van der Waals surface area contributed by atoms with E-state index in [0.29, 0.717) is 25.2 Å². The summed E-state index contributed by atoms with van der Waals surface area (Å²) in [5.41, 5.74) is 1.73. The van der Waals surface area contributed by atoms with Crippen molar-refractivity contribution >= 4 is 15.9 Å². The molecule has 0 aliphatic carbocycles. The average molecular weight is 372 g/mol. The molecule has 1 aliphatic heterocycles. The molecule has 138 valence electrons. The van der Waals surface area contributed by atoms with E-state index in [4.69, 9.17) is 0 Å². The molecular weight excluding hydrogens is 348 g/mol. The number of carbonyl (C=O) groups is 1. The van der Waals surface area contributed by atoms with Gasteiger partial charge in [0, 0.05) is 25.2 Å².